The van der Waals surface area contributed by atoms with E-state index in [1.165, 1.54) is 17.7 Å². The largest absolute Gasteiger partial charge is 0.309 e. The number of nitrogens with zero attached hydrogens (tertiary/aromatic N) is 1. The van der Waals surface area contributed by atoms with E-state index in [9.17, 15) is 0 Å². The van der Waals surface area contributed by atoms with E-state index in [1.54, 1.807) is 11.3 Å². The molecule has 0 aliphatic heterocycles. The highest BCUT2D eigenvalue weighted by Crippen LogP contribution is 2.26. The average Bonchev–Trinajstić information content (AvgIpc) is 2.58. The third-order valence-electron chi connectivity index (χ3n) is 2.72. The lowest BCUT2D eigenvalue weighted by atomic mass is 9.82. The SMILES string of the molecule is CC1CC(NCc2cc(C#N)cs2)C1. The van der Waals surface area contributed by atoms with Gasteiger partial charge in [0.05, 0.1) is 5.56 Å². The smallest absolute Gasteiger partial charge is 0.100 e. The predicted molar refractivity (Wildman–Crippen MR) is 58.1 cm³/mol. The molecule has 1 saturated carbocycles. The molecule has 0 radical (unpaired) electrons. The maximum atomic E-state index is 8.66. The van der Waals surface area contributed by atoms with Crippen molar-refractivity contribution in [3.63, 3.8) is 0 Å². The van der Waals surface area contributed by atoms with E-state index in [4.69, 9.17) is 5.26 Å². The molecule has 0 unspecified atom stereocenters. The maximum Gasteiger partial charge on any atom is 0.100 e. The first-order chi connectivity index (χ1) is 6.78. The quantitative estimate of drug-likeness (QED) is 0.824. The van der Waals surface area contributed by atoms with Crippen molar-refractivity contribution in [3.8, 4) is 6.07 Å². The number of hydrogen-bond acceptors (Lipinski definition) is 3. The summed E-state index contributed by atoms with van der Waals surface area (Å²) in [5.41, 5.74) is 0.786. The lowest BCUT2D eigenvalue weighted by molar-refractivity contribution is 0.241. The minimum Gasteiger partial charge on any atom is -0.309 e. The van der Waals surface area contributed by atoms with Gasteiger partial charge >= 0.3 is 0 Å². The summed E-state index contributed by atoms with van der Waals surface area (Å²) >= 11 is 1.67. The Hall–Kier alpha value is -0.850. The van der Waals surface area contributed by atoms with E-state index < -0.39 is 0 Å². The number of nitriles is 1. The van der Waals surface area contributed by atoms with Crippen LogP contribution in [-0.4, -0.2) is 6.04 Å². The van der Waals surface area contributed by atoms with Crippen LogP contribution in [0, 0.1) is 17.2 Å². The molecule has 3 heteroatoms. The van der Waals surface area contributed by atoms with E-state index in [0.717, 1.165) is 18.0 Å². The summed E-state index contributed by atoms with van der Waals surface area (Å²) in [7, 11) is 0. The van der Waals surface area contributed by atoms with E-state index in [1.807, 2.05) is 11.4 Å². The predicted octanol–water partition coefficient (Wildman–Crippen LogP) is 2.51. The second kappa shape index (κ2) is 4.12. The van der Waals surface area contributed by atoms with E-state index >= 15 is 0 Å². The van der Waals surface area contributed by atoms with Crippen molar-refractivity contribution in [2.45, 2.75) is 32.4 Å². The van der Waals surface area contributed by atoms with Crippen LogP contribution >= 0.6 is 11.3 Å². The fourth-order valence-corrected chi connectivity index (χ4v) is 2.61. The van der Waals surface area contributed by atoms with Gasteiger partial charge in [-0.05, 0) is 24.8 Å². The van der Waals surface area contributed by atoms with Crippen molar-refractivity contribution in [1.29, 1.82) is 5.26 Å². The van der Waals surface area contributed by atoms with Gasteiger partial charge in [-0.2, -0.15) is 5.26 Å². The van der Waals surface area contributed by atoms with Gasteiger partial charge in [-0.3, -0.25) is 0 Å². The van der Waals surface area contributed by atoms with Crippen LogP contribution in [0.25, 0.3) is 0 Å². The summed E-state index contributed by atoms with van der Waals surface area (Å²) in [5.74, 6) is 0.894. The van der Waals surface area contributed by atoms with Crippen LogP contribution in [0.4, 0.5) is 0 Å². The lowest BCUT2D eigenvalue weighted by Crippen LogP contribution is -2.39. The van der Waals surface area contributed by atoms with Crippen LogP contribution in [0.5, 0.6) is 0 Å². The highest BCUT2D eigenvalue weighted by atomic mass is 32.1. The molecule has 0 saturated heterocycles. The summed E-state index contributed by atoms with van der Waals surface area (Å²) in [4.78, 5) is 1.26. The van der Waals surface area contributed by atoms with Crippen LogP contribution in [0.2, 0.25) is 0 Å². The first-order valence-corrected chi connectivity index (χ1v) is 5.87. The molecule has 0 amide bonds. The molecule has 1 aliphatic carbocycles. The van der Waals surface area contributed by atoms with E-state index in [-0.39, 0.29) is 0 Å². The van der Waals surface area contributed by atoms with Crippen molar-refractivity contribution in [3.05, 3.63) is 21.9 Å². The van der Waals surface area contributed by atoms with Crippen molar-refractivity contribution in [1.82, 2.24) is 5.32 Å². The summed E-state index contributed by atoms with van der Waals surface area (Å²) in [5, 5.41) is 14.1. The van der Waals surface area contributed by atoms with Gasteiger partial charge in [-0.25, -0.2) is 0 Å². The van der Waals surface area contributed by atoms with Gasteiger partial charge < -0.3 is 5.32 Å². The fraction of sp³-hybridized carbons (Fsp3) is 0.545. The Morgan fingerprint density at radius 1 is 1.64 bits per heavy atom. The topological polar surface area (TPSA) is 35.8 Å². The summed E-state index contributed by atoms with van der Waals surface area (Å²) < 4.78 is 0. The lowest BCUT2D eigenvalue weighted by Gasteiger charge is -2.33. The molecule has 0 spiro atoms. The van der Waals surface area contributed by atoms with Gasteiger partial charge in [-0.15, -0.1) is 11.3 Å². The Morgan fingerprint density at radius 3 is 3.00 bits per heavy atom. The summed E-state index contributed by atoms with van der Waals surface area (Å²) in [6.07, 6.45) is 2.60. The molecular weight excluding hydrogens is 192 g/mol. The molecule has 0 bridgehead atoms. The van der Waals surface area contributed by atoms with Gasteiger partial charge in [0.15, 0.2) is 0 Å². The molecule has 1 aromatic heterocycles. The standard InChI is InChI=1S/C11H14N2S/c1-8-2-10(3-8)13-6-11-4-9(5-12)7-14-11/h4,7-8,10,13H,2-3,6H2,1H3. The molecule has 1 aromatic rings. The number of rotatable bonds is 3. The highest BCUT2D eigenvalue weighted by Gasteiger charge is 2.24. The minimum atomic E-state index is 0.706. The van der Waals surface area contributed by atoms with Gasteiger partial charge in [0, 0.05) is 22.8 Å². The Morgan fingerprint density at radius 2 is 2.43 bits per heavy atom. The first kappa shape index (κ1) is 9.70. The molecule has 74 valence electrons. The van der Waals surface area contributed by atoms with Crippen LogP contribution in [-0.2, 0) is 6.54 Å². The normalized spacial score (nSPS) is 25.4. The van der Waals surface area contributed by atoms with E-state index in [0.29, 0.717) is 6.04 Å². The summed E-state index contributed by atoms with van der Waals surface area (Å²) in [6, 6.07) is 4.83. The molecule has 1 aliphatic rings. The van der Waals surface area contributed by atoms with Gasteiger partial charge in [0.25, 0.3) is 0 Å². The monoisotopic (exact) mass is 206 g/mol. The van der Waals surface area contributed by atoms with Gasteiger partial charge in [0.2, 0.25) is 0 Å². The second-order valence-corrected chi connectivity index (χ2v) is 5.06. The fourth-order valence-electron chi connectivity index (χ4n) is 1.85. The van der Waals surface area contributed by atoms with Crippen molar-refractivity contribution in [2.75, 3.05) is 0 Å². The average molecular weight is 206 g/mol. The molecule has 1 N–H and O–H groups in total. The van der Waals surface area contributed by atoms with Crippen molar-refractivity contribution in [2.24, 2.45) is 5.92 Å². The van der Waals surface area contributed by atoms with Gasteiger partial charge in [0.1, 0.15) is 6.07 Å². The van der Waals surface area contributed by atoms with E-state index in [2.05, 4.69) is 18.3 Å². The molecule has 2 rings (SSSR count). The Labute approximate surface area is 88.6 Å². The molecule has 0 atom stereocenters. The zero-order valence-electron chi connectivity index (χ0n) is 8.29. The Bertz CT molecular complexity index is 344. The Kier molecular flexibility index (Phi) is 2.85. The van der Waals surface area contributed by atoms with Crippen LogP contribution in [0.15, 0.2) is 11.4 Å². The molecule has 2 nitrogen and oxygen atoms in total. The third kappa shape index (κ3) is 2.14. The molecular formula is C11H14N2S. The number of thiophene rings is 1. The third-order valence-corrected chi connectivity index (χ3v) is 3.66. The molecule has 0 aromatic carbocycles. The van der Waals surface area contributed by atoms with Crippen molar-refractivity contribution < 1.29 is 0 Å². The number of nitrogens with one attached hydrogen (secondary N) is 1. The second-order valence-electron chi connectivity index (χ2n) is 4.07. The zero-order chi connectivity index (χ0) is 9.97. The van der Waals surface area contributed by atoms with Crippen LogP contribution < -0.4 is 5.32 Å². The number of hydrogen-bond donors (Lipinski definition) is 1. The first-order valence-electron chi connectivity index (χ1n) is 4.99. The van der Waals surface area contributed by atoms with Crippen molar-refractivity contribution >= 4 is 11.3 Å². The van der Waals surface area contributed by atoms with Crippen LogP contribution in [0.3, 0.4) is 0 Å². The maximum absolute atomic E-state index is 8.66. The molecule has 1 fully saturated rings. The molecule has 1 heterocycles. The van der Waals surface area contributed by atoms with Gasteiger partial charge in [-0.1, -0.05) is 6.92 Å². The van der Waals surface area contributed by atoms with Crippen LogP contribution in [0.1, 0.15) is 30.2 Å². The Balaban J connectivity index is 1.78. The summed E-state index contributed by atoms with van der Waals surface area (Å²) in [6.45, 7) is 3.21. The molecule has 14 heavy (non-hydrogen) atoms. The zero-order valence-corrected chi connectivity index (χ0v) is 9.10. The highest BCUT2D eigenvalue weighted by molar-refractivity contribution is 7.10. The minimum absolute atomic E-state index is 0.706.